The number of nitrogens with one attached hydrogen (secondary N) is 1. The van der Waals surface area contributed by atoms with Crippen LogP contribution in [0.1, 0.15) is 24.9 Å². The van der Waals surface area contributed by atoms with E-state index in [0.717, 1.165) is 31.7 Å². The third-order valence-corrected chi connectivity index (χ3v) is 4.72. The number of hydrogen-bond acceptors (Lipinski definition) is 3. The van der Waals surface area contributed by atoms with Gasteiger partial charge in [-0.15, -0.1) is 0 Å². The molecule has 0 spiro atoms. The first kappa shape index (κ1) is 18.5. The van der Waals surface area contributed by atoms with Crippen molar-refractivity contribution in [2.24, 2.45) is 5.92 Å². The normalized spacial score (nSPS) is 18.6. The molecule has 1 heterocycles. The molecule has 2 aromatic carbocycles. The Morgan fingerprint density at radius 2 is 1.96 bits per heavy atom. The van der Waals surface area contributed by atoms with Gasteiger partial charge in [-0.05, 0) is 55.6 Å². The van der Waals surface area contributed by atoms with Gasteiger partial charge >= 0.3 is 0 Å². The van der Waals surface area contributed by atoms with Crippen molar-refractivity contribution in [3.8, 4) is 0 Å². The molecule has 1 saturated heterocycles. The third-order valence-electron chi connectivity index (χ3n) is 4.72. The Balaban J connectivity index is 1.75. The second-order valence-electron chi connectivity index (χ2n) is 6.62. The number of carbonyl (C=O) groups excluding carboxylic acids is 1. The van der Waals surface area contributed by atoms with Crippen LogP contribution in [0.25, 0.3) is 0 Å². The van der Waals surface area contributed by atoms with Crippen LogP contribution < -0.4 is 5.32 Å². The Morgan fingerprint density at radius 3 is 2.65 bits per heavy atom. The minimum Gasteiger partial charge on any atom is -0.381 e. The van der Waals surface area contributed by atoms with Gasteiger partial charge in [-0.25, -0.2) is 4.39 Å². The number of halogens is 1. The van der Waals surface area contributed by atoms with Crippen LogP contribution >= 0.6 is 0 Å². The van der Waals surface area contributed by atoms with Crippen LogP contribution in [-0.2, 0) is 9.53 Å². The molecule has 1 aliphatic rings. The summed E-state index contributed by atoms with van der Waals surface area (Å²) in [6, 6.07) is 15.3. The van der Waals surface area contributed by atoms with E-state index in [0.29, 0.717) is 18.2 Å². The van der Waals surface area contributed by atoms with E-state index >= 15 is 0 Å². The molecule has 0 bridgehead atoms. The Kier molecular flexibility index (Phi) is 6.36. The van der Waals surface area contributed by atoms with Crippen molar-refractivity contribution in [3.05, 3.63) is 66.0 Å². The zero-order valence-electron chi connectivity index (χ0n) is 15.0. The molecule has 2 unspecified atom stereocenters. The summed E-state index contributed by atoms with van der Waals surface area (Å²) in [7, 11) is 0. The minimum atomic E-state index is -0.368. The molecule has 26 heavy (non-hydrogen) atoms. The molecule has 2 aromatic rings. The van der Waals surface area contributed by atoms with Crippen LogP contribution in [0.2, 0.25) is 0 Å². The van der Waals surface area contributed by atoms with E-state index in [2.05, 4.69) is 10.2 Å². The molecule has 0 radical (unpaired) electrons. The van der Waals surface area contributed by atoms with E-state index in [-0.39, 0.29) is 17.8 Å². The maximum atomic E-state index is 13.1. The Bertz CT molecular complexity index is 706. The van der Waals surface area contributed by atoms with Crippen molar-refractivity contribution in [3.63, 3.8) is 0 Å². The summed E-state index contributed by atoms with van der Waals surface area (Å²) in [4.78, 5) is 15.2. The quantitative estimate of drug-likeness (QED) is 0.819. The van der Waals surface area contributed by atoms with Crippen molar-refractivity contribution in [2.45, 2.75) is 19.4 Å². The summed E-state index contributed by atoms with van der Waals surface area (Å²) >= 11 is 0. The average Bonchev–Trinajstić information content (AvgIpc) is 3.11. The van der Waals surface area contributed by atoms with Gasteiger partial charge in [-0.2, -0.15) is 0 Å². The van der Waals surface area contributed by atoms with Crippen molar-refractivity contribution in [1.82, 2.24) is 4.90 Å². The lowest BCUT2D eigenvalue weighted by atomic mass is 10.0. The summed E-state index contributed by atoms with van der Waals surface area (Å²) in [6.45, 7) is 5.12. The summed E-state index contributed by atoms with van der Waals surface area (Å²) < 4.78 is 18.7. The SMILES string of the molecule is CCOCC1CCN(C(C(=O)Nc2ccc(F)cc2)c2ccccc2)C1. The molecule has 5 heteroatoms. The zero-order chi connectivity index (χ0) is 18.4. The first-order valence-corrected chi connectivity index (χ1v) is 9.10. The van der Waals surface area contributed by atoms with Gasteiger partial charge in [0.25, 0.3) is 0 Å². The fraction of sp³-hybridized carbons (Fsp3) is 0.381. The van der Waals surface area contributed by atoms with Crippen molar-refractivity contribution in [2.75, 3.05) is 31.6 Å². The maximum Gasteiger partial charge on any atom is 0.246 e. The summed E-state index contributed by atoms with van der Waals surface area (Å²) in [5, 5.41) is 2.92. The molecule has 2 atom stereocenters. The van der Waals surface area contributed by atoms with Crippen LogP contribution in [0.3, 0.4) is 0 Å². The highest BCUT2D eigenvalue weighted by Crippen LogP contribution is 2.29. The van der Waals surface area contributed by atoms with Crippen LogP contribution in [0, 0.1) is 11.7 Å². The number of hydrogen-bond donors (Lipinski definition) is 1. The number of nitrogens with zero attached hydrogens (tertiary/aromatic N) is 1. The van der Waals surface area contributed by atoms with Gasteiger partial charge in [0.15, 0.2) is 0 Å². The second kappa shape index (κ2) is 8.92. The molecule has 4 nitrogen and oxygen atoms in total. The number of anilines is 1. The first-order valence-electron chi connectivity index (χ1n) is 9.10. The van der Waals surface area contributed by atoms with Gasteiger partial charge in [-0.3, -0.25) is 9.69 Å². The highest BCUT2D eigenvalue weighted by Gasteiger charge is 2.33. The van der Waals surface area contributed by atoms with Gasteiger partial charge in [0.05, 0.1) is 6.61 Å². The first-order chi connectivity index (χ1) is 12.7. The van der Waals surface area contributed by atoms with Crippen LogP contribution in [0.15, 0.2) is 54.6 Å². The zero-order valence-corrected chi connectivity index (χ0v) is 15.0. The van der Waals surface area contributed by atoms with E-state index in [9.17, 15) is 9.18 Å². The topological polar surface area (TPSA) is 41.6 Å². The van der Waals surface area contributed by atoms with E-state index < -0.39 is 0 Å². The highest BCUT2D eigenvalue weighted by molar-refractivity contribution is 5.95. The molecular formula is C21H25FN2O2. The second-order valence-corrected chi connectivity index (χ2v) is 6.62. The fourth-order valence-corrected chi connectivity index (χ4v) is 3.42. The molecule has 1 fully saturated rings. The van der Waals surface area contributed by atoms with Gasteiger partial charge in [0, 0.05) is 18.8 Å². The lowest BCUT2D eigenvalue weighted by Crippen LogP contribution is -2.36. The molecule has 138 valence electrons. The van der Waals surface area contributed by atoms with Crippen molar-refractivity contribution >= 4 is 11.6 Å². The van der Waals surface area contributed by atoms with E-state index in [1.807, 2.05) is 37.3 Å². The van der Waals surface area contributed by atoms with Crippen molar-refractivity contribution < 1.29 is 13.9 Å². The van der Waals surface area contributed by atoms with E-state index in [1.165, 1.54) is 12.1 Å². The van der Waals surface area contributed by atoms with Crippen LogP contribution in [0.4, 0.5) is 10.1 Å². The molecule has 0 aliphatic carbocycles. The molecule has 0 aromatic heterocycles. The van der Waals surface area contributed by atoms with Crippen LogP contribution in [-0.4, -0.2) is 37.1 Å². The largest absolute Gasteiger partial charge is 0.381 e. The molecule has 1 amide bonds. The predicted molar refractivity (Wildman–Crippen MR) is 100 cm³/mol. The molecule has 0 saturated carbocycles. The number of amides is 1. The van der Waals surface area contributed by atoms with Gasteiger partial charge < -0.3 is 10.1 Å². The summed E-state index contributed by atoms with van der Waals surface area (Å²) in [6.07, 6.45) is 1.02. The highest BCUT2D eigenvalue weighted by atomic mass is 19.1. The smallest absolute Gasteiger partial charge is 0.246 e. The van der Waals surface area contributed by atoms with Gasteiger partial charge in [-0.1, -0.05) is 30.3 Å². The lowest BCUT2D eigenvalue weighted by Gasteiger charge is -2.27. The fourth-order valence-electron chi connectivity index (χ4n) is 3.42. The lowest BCUT2D eigenvalue weighted by molar-refractivity contribution is -0.121. The van der Waals surface area contributed by atoms with E-state index in [4.69, 9.17) is 4.74 Å². The Morgan fingerprint density at radius 1 is 1.23 bits per heavy atom. The minimum absolute atomic E-state index is 0.0973. The van der Waals surface area contributed by atoms with Gasteiger partial charge in [0.1, 0.15) is 11.9 Å². The molecular weight excluding hydrogens is 331 g/mol. The number of ether oxygens (including phenoxy) is 1. The number of rotatable bonds is 7. The monoisotopic (exact) mass is 356 g/mol. The van der Waals surface area contributed by atoms with Gasteiger partial charge in [0.2, 0.25) is 5.91 Å². The van der Waals surface area contributed by atoms with E-state index in [1.54, 1.807) is 12.1 Å². The van der Waals surface area contributed by atoms with Crippen LogP contribution in [0.5, 0.6) is 0 Å². The molecule has 1 N–H and O–H groups in total. The number of carbonyl (C=O) groups is 1. The Labute approximate surface area is 154 Å². The number of likely N-dealkylation sites (tertiary alicyclic amines) is 1. The summed E-state index contributed by atoms with van der Waals surface area (Å²) in [5.41, 5.74) is 1.56. The Hall–Kier alpha value is -2.24. The third kappa shape index (κ3) is 4.68. The average molecular weight is 356 g/mol. The number of benzene rings is 2. The maximum absolute atomic E-state index is 13.1. The summed E-state index contributed by atoms with van der Waals surface area (Å²) in [5.74, 6) is 0.0283. The molecule has 3 rings (SSSR count). The molecule has 1 aliphatic heterocycles. The van der Waals surface area contributed by atoms with Crippen molar-refractivity contribution in [1.29, 1.82) is 0 Å². The predicted octanol–water partition coefficient (Wildman–Crippen LogP) is 3.86. The standard InChI is InChI=1S/C21H25FN2O2/c1-2-26-15-16-12-13-24(14-16)20(17-6-4-3-5-7-17)21(25)23-19-10-8-18(22)9-11-19/h3-11,16,20H,2,12-15H2,1H3,(H,23,25).